The van der Waals surface area contributed by atoms with E-state index in [1.54, 1.807) is 13.8 Å². The van der Waals surface area contributed by atoms with Crippen LogP contribution in [0.15, 0.2) is 21.2 Å². The zero-order valence-corrected chi connectivity index (χ0v) is 16.3. The van der Waals surface area contributed by atoms with Gasteiger partial charge >= 0.3 is 5.97 Å². The lowest BCUT2D eigenvalue weighted by Gasteiger charge is -2.58. The molecule has 1 amide bonds. The average molecular weight is 393 g/mol. The molecule has 8 nitrogen and oxygen atoms in total. The van der Waals surface area contributed by atoms with Gasteiger partial charge in [-0.3, -0.25) is 4.79 Å². The zero-order valence-electron chi connectivity index (χ0n) is 15.5. The number of thiophene rings is 1. The van der Waals surface area contributed by atoms with Crippen molar-refractivity contribution in [3.8, 4) is 11.5 Å². The zero-order chi connectivity index (χ0) is 19.7. The van der Waals surface area contributed by atoms with Crippen molar-refractivity contribution in [1.82, 2.24) is 15.5 Å². The number of ether oxygens (including phenoxy) is 1. The van der Waals surface area contributed by atoms with Gasteiger partial charge in [-0.1, -0.05) is 13.8 Å². The molecular weight excluding hydrogens is 370 g/mol. The Morgan fingerprint density at radius 1 is 1.44 bits per heavy atom. The molecule has 1 aliphatic rings. The fraction of sp³-hybridized carbons (Fsp3) is 0.556. The Bertz CT molecular complexity index is 817. The van der Waals surface area contributed by atoms with Crippen LogP contribution in [0.2, 0.25) is 0 Å². The number of hydrogen-bond donors (Lipinski definition) is 2. The molecular formula is C18H23N3O5S. The van der Waals surface area contributed by atoms with Crippen LogP contribution in [0, 0.1) is 5.41 Å². The van der Waals surface area contributed by atoms with Gasteiger partial charge in [-0.05, 0) is 18.4 Å². The molecule has 2 heterocycles. The molecule has 1 aliphatic carbocycles. The fourth-order valence-corrected chi connectivity index (χ4v) is 4.05. The average Bonchev–Trinajstić information content (AvgIpc) is 3.29. The minimum atomic E-state index is -1.33. The Balaban J connectivity index is 1.60. The van der Waals surface area contributed by atoms with Crippen molar-refractivity contribution in [2.75, 3.05) is 6.61 Å². The molecule has 3 rings (SSSR count). The smallest absolute Gasteiger partial charge is 0.330 e. The lowest BCUT2D eigenvalue weighted by Crippen LogP contribution is -2.76. The number of hydrogen-bond acceptors (Lipinski definition) is 7. The number of aliphatic carboxylic acids is 1. The van der Waals surface area contributed by atoms with E-state index >= 15 is 0 Å². The first-order valence-electron chi connectivity index (χ1n) is 8.81. The van der Waals surface area contributed by atoms with Gasteiger partial charge in [-0.15, -0.1) is 10.2 Å². The molecule has 2 atom stereocenters. The van der Waals surface area contributed by atoms with Crippen LogP contribution >= 0.6 is 11.3 Å². The summed E-state index contributed by atoms with van der Waals surface area (Å²) in [6.07, 6.45) is 0.351. The SMILES string of the molecule is CCOC1CC(NC(=O)CCc2nnc(-c3ccsc3)o2)(C(=O)O)C1(C)C. The number of rotatable bonds is 8. The van der Waals surface area contributed by atoms with Crippen molar-refractivity contribution in [2.24, 2.45) is 5.41 Å². The molecule has 0 bridgehead atoms. The van der Waals surface area contributed by atoms with Crippen LogP contribution in [0.4, 0.5) is 0 Å². The van der Waals surface area contributed by atoms with E-state index in [2.05, 4.69) is 15.5 Å². The number of carboxylic acids is 1. The van der Waals surface area contributed by atoms with E-state index in [1.807, 2.05) is 23.8 Å². The second-order valence-electron chi connectivity index (χ2n) is 7.14. The van der Waals surface area contributed by atoms with Crippen molar-refractivity contribution in [3.05, 3.63) is 22.7 Å². The summed E-state index contributed by atoms with van der Waals surface area (Å²) in [5.41, 5.74) is -1.20. The lowest BCUT2D eigenvalue weighted by molar-refractivity contribution is -0.194. The minimum Gasteiger partial charge on any atom is -0.479 e. The molecule has 0 aromatic carbocycles. The van der Waals surface area contributed by atoms with Gasteiger partial charge in [0, 0.05) is 42.2 Å². The monoisotopic (exact) mass is 393 g/mol. The fourth-order valence-electron chi connectivity index (χ4n) is 3.42. The quantitative estimate of drug-likeness (QED) is 0.708. The van der Waals surface area contributed by atoms with E-state index in [1.165, 1.54) is 11.3 Å². The first-order chi connectivity index (χ1) is 12.8. The molecule has 9 heteroatoms. The highest BCUT2D eigenvalue weighted by atomic mass is 32.1. The number of aromatic nitrogens is 2. The van der Waals surface area contributed by atoms with E-state index in [9.17, 15) is 14.7 Å². The van der Waals surface area contributed by atoms with Gasteiger partial charge in [-0.25, -0.2) is 4.79 Å². The van der Waals surface area contributed by atoms with Gasteiger partial charge in [-0.2, -0.15) is 11.3 Å². The Morgan fingerprint density at radius 3 is 2.81 bits per heavy atom. The predicted molar refractivity (Wildman–Crippen MR) is 98.3 cm³/mol. The molecule has 2 N–H and O–H groups in total. The summed E-state index contributed by atoms with van der Waals surface area (Å²) >= 11 is 1.53. The van der Waals surface area contributed by atoms with Crippen molar-refractivity contribution >= 4 is 23.2 Å². The molecule has 2 aromatic heterocycles. The van der Waals surface area contributed by atoms with E-state index in [4.69, 9.17) is 9.15 Å². The predicted octanol–water partition coefficient (Wildman–Crippen LogP) is 2.51. The standard InChI is InChI=1S/C18H23N3O5S/c1-4-25-12-9-18(16(23)24,17(12,2)3)19-13(22)5-6-14-20-21-15(26-14)11-7-8-27-10-11/h7-8,10,12H,4-6,9H2,1-3H3,(H,19,22)(H,23,24). The summed E-state index contributed by atoms with van der Waals surface area (Å²) in [5.74, 6) is -0.658. The molecule has 0 spiro atoms. The summed E-state index contributed by atoms with van der Waals surface area (Å²) in [6, 6.07) is 1.87. The van der Waals surface area contributed by atoms with Crippen molar-refractivity contribution in [2.45, 2.75) is 51.7 Å². The number of carbonyl (C=O) groups excluding carboxylic acids is 1. The highest BCUT2D eigenvalue weighted by Crippen LogP contribution is 2.51. The van der Waals surface area contributed by atoms with Crippen molar-refractivity contribution < 1.29 is 23.8 Å². The normalized spacial score (nSPS) is 23.6. The molecule has 0 aliphatic heterocycles. The molecule has 1 saturated carbocycles. The third kappa shape index (κ3) is 3.49. The van der Waals surface area contributed by atoms with Gasteiger partial charge in [0.2, 0.25) is 17.7 Å². The van der Waals surface area contributed by atoms with Crippen LogP contribution in [0.25, 0.3) is 11.5 Å². The van der Waals surface area contributed by atoms with E-state index in [0.717, 1.165) is 5.56 Å². The summed E-state index contributed by atoms with van der Waals surface area (Å²) in [6.45, 7) is 5.97. The van der Waals surface area contributed by atoms with E-state index < -0.39 is 16.9 Å². The van der Waals surface area contributed by atoms with Gasteiger partial charge in [0.25, 0.3) is 0 Å². The van der Waals surface area contributed by atoms with Gasteiger partial charge < -0.3 is 19.6 Å². The summed E-state index contributed by atoms with van der Waals surface area (Å²) in [7, 11) is 0. The second kappa shape index (κ2) is 7.40. The number of carbonyl (C=O) groups is 2. The first-order valence-corrected chi connectivity index (χ1v) is 9.75. The molecule has 0 saturated heterocycles. The topological polar surface area (TPSA) is 115 Å². The van der Waals surface area contributed by atoms with Crippen LogP contribution in [-0.4, -0.2) is 45.4 Å². The summed E-state index contributed by atoms with van der Waals surface area (Å²) < 4.78 is 11.2. The number of nitrogens with one attached hydrogen (secondary N) is 1. The Morgan fingerprint density at radius 2 is 2.22 bits per heavy atom. The van der Waals surface area contributed by atoms with Crippen LogP contribution in [-0.2, 0) is 20.7 Å². The van der Waals surface area contributed by atoms with Gasteiger partial charge in [0.1, 0.15) is 5.54 Å². The summed E-state index contributed by atoms with van der Waals surface area (Å²) in [4.78, 5) is 24.3. The molecule has 146 valence electrons. The lowest BCUT2D eigenvalue weighted by atomic mass is 9.54. The Labute approximate surface area is 160 Å². The molecule has 2 unspecified atom stereocenters. The second-order valence-corrected chi connectivity index (χ2v) is 7.92. The molecule has 27 heavy (non-hydrogen) atoms. The molecule has 2 aromatic rings. The third-order valence-electron chi connectivity index (χ3n) is 5.28. The maximum absolute atomic E-state index is 12.4. The van der Waals surface area contributed by atoms with Crippen LogP contribution in [0.5, 0.6) is 0 Å². The molecule has 1 fully saturated rings. The molecule has 0 radical (unpaired) electrons. The Kier molecular flexibility index (Phi) is 5.34. The van der Waals surface area contributed by atoms with Gasteiger partial charge in [0.05, 0.1) is 6.10 Å². The van der Waals surface area contributed by atoms with Crippen LogP contribution in [0.3, 0.4) is 0 Å². The number of aryl methyl sites for hydroxylation is 1. The van der Waals surface area contributed by atoms with E-state index in [0.29, 0.717) is 18.4 Å². The van der Waals surface area contributed by atoms with Crippen LogP contribution < -0.4 is 5.32 Å². The van der Waals surface area contributed by atoms with E-state index in [-0.39, 0.29) is 31.3 Å². The number of amides is 1. The first kappa shape index (κ1) is 19.5. The number of nitrogens with zero attached hydrogens (tertiary/aromatic N) is 2. The third-order valence-corrected chi connectivity index (χ3v) is 5.97. The minimum absolute atomic E-state index is 0.0652. The highest BCUT2D eigenvalue weighted by Gasteiger charge is 2.66. The highest BCUT2D eigenvalue weighted by molar-refractivity contribution is 7.08. The van der Waals surface area contributed by atoms with Gasteiger partial charge in [0.15, 0.2) is 0 Å². The number of carboxylic acid groups (broad SMARTS) is 1. The maximum atomic E-state index is 12.4. The Hall–Kier alpha value is -2.26. The maximum Gasteiger partial charge on any atom is 0.330 e. The van der Waals surface area contributed by atoms with Crippen molar-refractivity contribution in [1.29, 1.82) is 0 Å². The largest absolute Gasteiger partial charge is 0.479 e. The van der Waals surface area contributed by atoms with Crippen molar-refractivity contribution in [3.63, 3.8) is 0 Å². The summed E-state index contributed by atoms with van der Waals surface area (Å²) in [5, 5.41) is 24.2. The van der Waals surface area contributed by atoms with Crippen LogP contribution in [0.1, 0.15) is 39.5 Å².